The smallest absolute Gasteiger partial charge is 0.190 e. The van der Waals surface area contributed by atoms with Crippen LogP contribution in [-0.2, 0) is 0 Å². The molecule has 8 heavy (non-hydrogen) atoms. The van der Waals surface area contributed by atoms with Crippen LogP contribution < -0.4 is 0 Å². The standard InChI is InChI=1S/C4H6Cl2O2/c1-2(5)3(6)4(7)8/h4,7-8H,1H3. The van der Waals surface area contributed by atoms with E-state index in [0.29, 0.717) is 0 Å². The minimum atomic E-state index is -1.64. The van der Waals surface area contributed by atoms with Gasteiger partial charge in [0, 0.05) is 5.03 Å². The lowest BCUT2D eigenvalue weighted by Crippen LogP contribution is -2.03. The van der Waals surface area contributed by atoms with Gasteiger partial charge in [-0.25, -0.2) is 0 Å². The third kappa shape index (κ3) is 2.52. The van der Waals surface area contributed by atoms with Crippen molar-refractivity contribution in [2.75, 3.05) is 0 Å². The zero-order valence-corrected chi connectivity index (χ0v) is 5.74. The maximum Gasteiger partial charge on any atom is 0.190 e. The first-order valence-corrected chi connectivity index (χ1v) is 2.69. The molecule has 0 aromatic heterocycles. The third-order valence-electron chi connectivity index (χ3n) is 0.556. The van der Waals surface area contributed by atoms with Crippen LogP contribution in [0.25, 0.3) is 0 Å². The fourth-order valence-corrected chi connectivity index (χ4v) is 0.275. The molecule has 0 aliphatic carbocycles. The van der Waals surface area contributed by atoms with E-state index in [1.807, 2.05) is 0 Å². The first-order chi connectivity index (χ1) is 3.55. The summed E-state index contributed by atoms with van der Waals surface area (Å²) in [6, 6.07) is 0. The Balaban J connectivity index is 4.00. The molecular weight excluding hydrogens is 151 g/mol. The predicted molar refractivity (Wildman–Crippen MR) is 32.6 cm³/mol. The van der Waals surface area contributed by atoms with Crippen LogP contribution in [0.3, 0.4) is 0 Å². The van der Waals surface area contributed by atoms with Gasteiger partial charge in [0.25, 0.3) is 0 Å². The highest BCUT2D eigenvalue weighted by atomic mass is 35.5. The molecule has 0 saturated carbocycles. The minimum absolute atomic E-state index is 0.133. The lowest BCUT2D eigenvalue weighted by atomic mass is 10.5. The van der Waals surface area contributed by atoms with E-state index in [2.05, 4.69) is 0 Å². The fraction of sp³-hybridized carbons (Fsp3) is 0.500. The molecule has 0 rings (SSSR count). The van der Waals surface area contributed by atoms with Gasteiger partial charge in [0.15, 0.2) is 6.29 Å². The van der Waals surface area contributed by atoms with Crippen LogP contribution in [-0.4, -0.2) is 16.5 Å². The van der Waals surface area contributed by atoms with E-state index < -0.39 is 6.29 Å². The molecule has 0 spiro atoms. The molecule has 0 bridgehead atoms. The highest BCUT2D eigenvalue weighted by Crippen LogP contribution is 2.14. The van der Waals surface area contributed by atoms with E-state index in [1.54, 1.807) is 0 Å². The Morgan fingerprint density at radius 2 is 1.75 bits per heavy atom. The van der Waals surface area contributed by atoms with Gasteiger partial charge in [-0.2, -0.15) is 0 Å². The predicted octanol–water partition coefficient (Wildman–Crippen LogP) is 1.01. The van der Waals surface area contributed by atoms with Gasteiger partial charge in [-0.15, -0.1) is 0 Å². The molecule has 0 amide bonds. The zero-order valence-electron chi connectivity index (χ0n) is 4.23. The summed E-state index contributed by atoms with van der Waals surface area (Å²) < 4.78 is 0. The van der Waals surface area contributed by atoms with E-state index >= 15 is 0 Å². The van der Waals surface area contributed by atoms with Crippen LogP contribution in [0.15, 0.2) is 10.1 Å². The summed E-state index contributed by atoms with van der Waals surface area (Å²) in [5.41, 5.74) is 0. The SMILES string of the molecule is CC(Cl)=C(Cl)C(O)O. The molecule has 0 radical (unpaired) electrons. The molecule has 0 fully saturated rings. The Hall–Kier alpha value is 0.240. The lowest BCUT2D eigenvalue weighted by molar-refractivity contribution is -0.00192. The molecule has 2 nitrogen and oxygen atoms in total. The highest BCUT2D eigenvalue weighted by Gasteiger charge is 2.04. The van der Waals surface area contributed by atoms with Crippen molar-refractivity contribution in [1.29, 1.82) is 0 Å². The number of aliphatic hydroxyl groups excluding tert-OH is 1. The summed E-state index contributed by atoms with van der Waals surface area (Å²) in [7, 11) is 0. The molecule has 0 aliphatic rings. The normalized spacial score (nSPS) is 14.2. The van der Waals surface area contributed by atoms with Crippen LogP contribution in [0.5, 0.6) is 0 Å². The first-order valence-electron chi connectivity index (χ1n) is 1.93. The van der Waals surface area contributed by atoms with Crippen LogP contribution in [0, 0.1) is 0 Å². The van der Waals surface area contributed by atoms with Crippen molar-refractivity contribution in [3.8, 4) is 0 Å². The van der Waals surface area contributed by atoms with Gasteiger partial charge in [0.2, 0.25) is 0 Å². The molecule has 4 heteroatoms. The average molecular weight is 157 g/mol. The van der Waals surface area contributed by atoms with Crippen molar-refractivity contribution >= 4 is 23.2 Å². The second-order valence-corrected chi connectivity index (χ2v) is 2.23. The second-order valence-electron chi connectivity index (χ2n) is 1.26. The van der Waals surface area contributed by atoms with Crippen LogP contribution in [0.1, 0.15) is 6.92 Å². The van der Waals surface area contributed by atoms with Gasteiger partial charge >= 0.3 is 0 Å². The van der Waals surface area contributed by atoms with Gasteiger partial charge in [0.05, 0.1) is 5.03 Å². The summed E-state index contributed by atoms with van der Waals surface area (Å²) in [6.45, 7) is 1.48. The number of aliphatic hydroxyl groups is 2. The number of hydrogen-bond donors (Lipinski definition) is 2. The lowest BCUT2D eigenvalue weighted by Gasteiger charge is -1.99. The van der Waals surface area contributed by atoms with Gasteiger partial charge in [-0.3, -0.25) is 0 Å². The Morgan fingerprint density at radius 1 is 1.38 bits per heavy atom. The molecule has 0 aromatic rings. The number of hydrogen-bond acceptors (Lipinski definition) is 2. The first kappa shape index (κ1) is 8.24. The summed E-state index contributed by atoms with van der Waals surface area (Å²) >= 11 is 10.4. The highest BCUT2D eigenvalue weighted by molar-refractivity contribution is 6.39. The van der Waals surface area contributed by atoms with Crippen molar-refractivity contribution < 1.29 is 10.2 Å². The van der Waals surface area contributed by atoms with Crippen molar-refractivity contribution in [2.24, 2.45) is 0 Å². The molecule has 0 aliphatic heterocycles. The number of halogens is 2. The van der Waals surface area contributed by atoms with Gasteiger partial charge in [0.1, 0.15) is 0 Å². The van der Waals surface area contributed by atoms with E-state index in [0.717, 1.165) is 0 Å². The molecule has 2 N–H and O–H groups in total. The molecular formula is C4H6Cl2O2. The van der Waals surface area contributed by atoms with Gasteiger partial charge in [-0.05, 0) is 6.92 Å². The maximum absolute atomic E-state index is 8.27. The van der Waals surface area contributed by atoms with Gasteiger partial charge < -0.3 is 10.2 Å². The average Bonchev–Trinajstić information content (AvgIpc) is 1.64. The van der Waals surface area contributed by atoms with E-state index in [4.69, 9.17) is 33.4 Å². The molecule has 48 valence electrons. The zero-order chi connectivity index (χ0) is 6.73. The largest absolute Gasteiger partial charge is 0.364 e. The number of rotatable bonds is 1. The Bertz CT molecular complexity index is 105. The van der Waals surface area contributed by atoms with E-state index in [1.165, 1.54) is 6.92 Å². The van der Waals surface area contributed by atoms with E-state index in [-0.39, 0.29) is 10.1 Å². The molecule has 0 aromatic carbocycles. The second kappa shape index (κ2) is 3.30. The van der Waals surface area contributed by atoms with Crippen molar-refractivity contribution in [3.05, 3.63) is 10.1 Å². The quantitative estimate of drug-likeness (QED) is 0.557. The number of allylic oxidation sites excluding steroid dienone is 1. The van der Waals surface area contributed by atoms with Crippen LogP contribution in [0.2, 0.25) is 0 Å². The minimum Gasteiger partial charge on any atom is -0.364 e. The summed E-state index contributed by atoms with van der Waals surface area (Å²) in [4.78, 5) is 0. The maximum atomic E-state index is 8.27. The third-order valence-corrected chi connectivity index (χ3v) is 1.33. The molecule has 0 saturated heterocycles. The monoisotopic (exact) mass is 156 g/mol. The van der Waals surface area contributed by atoms with Crippen molar-refractivity contribution in [1.82, 2.24) is 0 Å². The van der Waals surface area contributed by atoms with Crippen molar-refractivity contribution in [2.45, 2.75) is 13.2 Å². The summed E-state index contributed by atoms with van der Waals surface area (Å²) in [5, 5.41) is 16.6. The summed E-state index contributed by atoms with van der Waals surface area (Å²) in [5.74, 6) is 0. The fourth-order valence-electron chi connectivity index (χ4n) is 0.178. The molecule has 0 heterocycles. The summed E-state index contributed by atoms with van der Waals surface area (Å²) in [6.07, 6.45) is -1.64. The molecule has 0 unspecified atom stereocenters. The Labute approximate surface area is 57.3 Å². The van der Waals surface area contributed by atoms with Crippen molar-refractivity contribution in [3.63, 3.8) is 0 Å². The van der Waals surface area contributed by atoms with E-state index in [9.17, 15) is 0 Å². The van der Waals surface area contributed by atoms with Gasteiger partial charge in [-0.1, -0.05) is 23.2 Å². The van der Waals surface area contributed by atoms with Crippen LogP contribution >= 0.6 is 23.2 Å². The Morgan fingerprint density at radius 3 is 1.75 bits per heavy atom. The Kier molecular flexibility index (Phi) is 3.40. The topological polar surface area (TPSA) is 40.5 Å². The van der Waals surface area contributed by atoms with Crippen LogP contribution in [0.4, 0.5) is 0 Å². The molecule has 0 atom stereocenters.